The van der Waals surface area contributed by atoms with Crippen molar-refractivity contribution in [2.45, 2.75) is 31.2 Å². The van der Waals surface area contributed by atoms with E-state index in [1.165, 1.54) is 0 Å². The van der Waals surface area contributed by atoms with Crippen LogP contribution in [0.3, 0.4) is 0 Å². The van der Waals surface area contributed by atoms with Crippen molar-refractivity contribution in [3.05, 3.63) is 53.6 Å². The van der Waals surface area contributed by atoms with Crippen LogP contribution in [-0.2, 0) is 16.4 Å². The van der Waals surface area contributed by atoms with Gasteiger partial charge < -0.3 is 9.47 Å². The molecule has 1 unspecified atom stereocenters. The maximum absolute atomic E-state index is 12.9. The number of sulfonamides is 1. The summed E-state index contributed by atoms with van der Waals surface area (Å²) in [5.41, 5.74) is 1.84. The second-order valence-corrected chi connectivity index (χ2v) is 8.20. The molecule has 2 aromatic carbocycles. The molecule has 1 aliphatic heterocycles. The van der Waals surface area contributed by atoms with Gasteiger partial charge in [0, 0.05) is 12.5 Å². The van der Waals surface area contributed by atoms with E-state index in [2.05, 4.69) is 4.72 Å². The summed E-state index contributed by atoms with van der Waals surface area (Å²) in [6.07, 6.45) is 0.741. The number of ether oxygens (including phenoxy) is 2. The average Bonchev–Trinajstić information content (AvgIpc) is 3.07. The molecule has 0 fully saturated rings. The SMILES string of the molecule is COc1ccc(C(NS(=O)(=O)c2ccc3c(c2)CCO3)C(C)C)cc1. The molecule has 6 heteroatoms. The van der Waals surface area contributed by atoms with Crippen LogP contribution in [0.2, 0.25) is 0 Å². The predicted octanol–water partition coefficient (Wildman–Crippen LogP) is 3.31. The highest BCUT2D eigenvalue weighted by Crippen LogP contribution is 2.30. The van der Waals surface area contributed by atoms with Crippen molar-refractivity contribution in [2.24, 2.45) is 5.92 Å². The monoisotopic (exact) mass is 361 g/mol. The molecular weight excluding hydrogens is 338 g/mol. The predicted molar refractivity (Wildman–Crippen MR) is 96.5 cm³/mol. The van der Waals surface area contributed by atoms with Gasteiger partial charge in [0.05, 0.1) is 18.6 Å². The van der Waals surface area contributed by atoms with Crippen LogP contribution in [-0.4, -0.2) is 22.1 Å². The molecule has 0 aliphatic carbocycles. The van der Waals surface area contributed by atoms with E-state index in [1.807, 2.05) is 38.1 Å². The van der Waals surface area contributed by atoms with E-state index in [0.29, 0.717) is 6.61 Å². The molecule has 0 aromatic heterocycles. The Bertz CT molecular complexity index is 844. The third-order valence-electron chi connectivity index (χ3n) is 4.39. The van der Waals surface area contributed by atoms with Gasteiger partial charge in [-0.3, -0.25) is 0 Å². The van der Waals surface area contributed by atoms with E-state index < -0.39 is 10.0 Å². The highest BCUT2D eigenvalue weighted by Gasteiger charge is 2.25. The zero-order chi connectivity index (χ0) is 18.0. The van der Waals surface area contributed by atoms with Crippen molar-refractivity contribution < 1.29 is 17.9 Å². The topological polar surface area (TPSA) is 64.6 Å². The molecule has 0 spiro atoms. The Hall–Kier alpha value is -2.05. The lowest BCUT2D eigenvalue weighted by molar-refractivity contribution is 0.356. The van der Waals surface area contributed by atoms with Crippen molar-refractivity contribution in [1.29, 1.82) is 0 Å². The third-order valence-corrected chi connectivity index (χ3v) is 5.83. The van der Waals surface area contributed by atoms with Gasteiger partial charge in [0.1, 0.15) is 11.5 Å². The Balaban J connectivity index is 1.87. The lowest BCUT2D eigenvalue weighted by Crippen LogP contribution is -2.31. The van der Waals surface area contributed by atoms with E-state index in [0.717, 1.165) is 29.0 Å². The Morgan fingerprint density at radius 2 is 1.84 bits per heavy atom. The zero-order valence-electron chi connectivity index (χ0n) is 14.7. The van der Waals surface area contributed by atoms with Gasteiger partial charge in [0.15, 0.2) is 0 Å². The molecule has 1 atom stereocenters. The number of benzene rings is 2. The van der Waals surface area contributed by atoms with E-state index >= 15 is 0 Å². The van der Waals surface area contributed by atoms with Crippen LogP contribution >= 0.6 is 0 Å². The van der Waals surface area contributed by atoms with Crippen molar-refractivity contribution in [3.8, 4) is 11.5 Å². The molecule has 0 bridgehead atoms. The maximum atomic E-state index is 12.9. The smallest absolute Gasteiger partial charge is 0.241 e. The summed E-state index contributed by atoms with van der Waals surface area (Å²) in [7, 11) is -2.02. The quantitative estimate of drug-likeness (QED) is 0.857. The summed E-state index contributed by atoms with van der Waals surface area (Å²) in [4.78, 5) is 0.274. The summed E-state index contributed by atoms with van der Waals surface area (Å²) >= 11 is 0. The fraction of sp³-hybridized carbons (Fsp3) is 0.368. The van der Waals surface area contributed by atoms with E-state index in [4.69, 9.17) is 9.47 Å². The summed E-state index contributed by atoms with van der Waals surface area (Å²) in [6, 6.07) is 12.2. The molecular formula is C19H23NO4S. The molecule has 0 radical (unpaired) electrons. The van der Waals surface area contributed by atoms with E-state index in [9.17, 15) is 8.42 Å². The highest BCUT2D eigenvalue weighted by atomic mass is 32.2. The van der Waals surface area contributed by atoms with Crippen LogP contribution in [0.5, 0.6) is 11.5 Å². The third kappa shape index (κ3) is 3.80. The fourth-order valence-corrected chi connectivity index (χ4v) is 4.39. The number of methoxy groups -OCH3 is 1. The Morgan fingerprint density at radius 3 is 2.48 bits per heavy atom. The number of nitrogens with one attached hydrogen (secondary N) is 1. The normalized spacial score (nSPS) is 14.9. The number of hydrogen-bond acceptors (Lipinski definition) is 4. The largest absolute Gasteiger partial charge is 0.497 e. The van der Waals surface area contributed by atoms with Crippen LogP contribution in [0.1, 0.15) is 31.0 Å². The van der Waals surface area contributed by atoms with E-state index in [1.54, 1.807) is 25.3 Å². The molecule has 3 rings (SSSR count). The first-order valence-electron chi connectivity index (χ1n) is 8.33. The second kappa shape index (κ2) is 7.06. The summed E-state index contributed by atoms with van der Waals surface area (Å²) in [5, 5.41) is 0. The number of hydrogen-bond donors (Lipinski definition) is 1. The summed E-state index contributed by atoms with van der Waals surface area (Å²) in [6.45, 7) is 4.59. The lowest BCUT2D eigenvalue weighted by atomic mass is 9.97. The van der Waals surface area contributed by atoms with Gasteiger partial charge in [-0.1, -0.05) is 26.0 Å². The van der Waals surface area contributed by atoms with Gasteiger partial charge in [-0.25, -0.2) is 13.1 Å². The zero-order valence-corrected chi connectivity index (χ0v) is 15.5. The van der Waals surface area contributed by atoms with Crippen LogP contribution < -0.4 is 14.2 Å². The Labute approximate surface area is 149 Å². The lowest BCUT2D eigenvalue weighted by Gasteiger charge is -2.23. The minimum atomic E-state index is -3.63. The molecule has 1 heterocycles. The molecule has 25 heavy (non-hydrogen) atoms. The maximum Gasteiger partial charge on any atom is 0.241 e. The summed E-state index contributed by atoms with van der Waals surface area (Å²) in [5.74, 6) is 1.61. The van der Waals surface area contributed by atoms with Crippen LogP contribution in [0.15, 0.2) is 47.4 Å². The first-order valence-corrected chi connectivity index (χ1v) is 9.81. The first kappa shape index (κ1) is 17.8. The fourth-order valence-electron chi connectivity index (χ4n) is 2.97. The molecule has 1 N–H and O–H groups in total. The number of rotatable bonds is 6. The molecule has 0 saturated carbocycles. The van der Waals surface area contributed by atoms with Crippen LogP contribution in [0, 0.1) is 5.92 Å². The Morgan fingerprint density at radius 1 is 1.12 bits per heavy atom. The average molecular weight is 361 g/mol. The molecule has 0 amide bonds. The van der Waals surface area contributed by atoms with Crippen molar-refractivity contribution in [2.75, 3.05) is 13.7 Å². The molecule has 5 nitrogen and oxygen atoms in total. The standard InChI is InChI=1S/C19H23NO4S/c1-13(2)19(14-4-6-16(23-3)7-5-14)20-25(21,22)17-8-9-18-15(12-17)10-11-24-18/h4-9,12-13,19-20H,10-11H2,1-3H3. The highest BCUT2D eigenvalue weighted by molar-refractivity contribution is 7.89. The minimum Gasteiger partial charge on any atom is -0.497 e. The van der Waals surface area contributed by atoms with Crippen molar-refractivity contribution in [1.82, 2.24) is 4.72 Å². The van der Waals surface area contributed by atoms with E-state index in [-0.39, 0.29) is 16.9 Å². The molecule has 134 valence electrons. The first-order chi connectivity index (χ1) is 11.9. The molecule has 2 aromatic rings. The van der Waals surface area contributed by atoms with Gasteiger partial charge in [0.2, 0.25) is 10.0 Å². The van der Waals surface area contributed by atoms with Gasteiger partial charge >= 0.3 is 0 Å². The van der Waals surface area contributed by atoms with Gasteiger partial charge in [-0.05, 0) is 47.4 Å². The van der Waals surface area contributed by atoms with Gasteiger partial charge in [-0.15, -0.1) is 0 Å². The summed E-state index contributed by atoms with van der Waals surface area (Å²) < 4.78 is 39.2. The van der Waals surface area contributed by atoms with Crippen molar-refractivity contribution in [3.63, 3.8) is 0 Å². The minimum absolute atomic E-state index is 0.0981. The number of fused-ring (bicyclic) bond motifs is 1. The molecule has 1 aliphatic rings. The van der Waals surface area contributed by atoms with Crippen LogP contribution in [0.4, 0.5) is 0 Å². The second-order valence-electron chi connectivity index (χ2n) is 6.48. The van der Waals surface area contributed by atoms with Gasteiger partial charge in [-0.2, -0.15) is 0 Å². The molecule has 0 saturated heterocycles. The van der Waals surface area contributed by atoms with Crippen molar-refractivity contribution >= 4 is 10.0 Å². The van der Waals surface area contributed by atoms with Gasteiger partial charge in [0.25, 0.3) is 0 Å². The van der Waals surface area contributed by atoms with Crippen LogP contribution in [0.25, 0.3) is 0 Å². The Kier molecular flexibility index (Phi) is 5.01.